The highest BCUT2D eigenvalue weighted by Crippen LogP contribution is 2.41. The molecule has 0 radical (unpaired) electrons. The molecule has 4 heterocycles. The monoisotopic (exact) mass is 1460 g/mol. The summed E-state index contributed by atoms with van der Waals surface area (Å²) in [4.78, 5) is 0. The molecular formula is C108H94N4O. The van der Waals surface area contributed by atoms with E-state index in [1.54, 1.807) is 0 Å². The Bertz CT molecular complexity index is 6250. The average molecular weight is 1460 g/mol. The summed E-state index contributed by atoms with van der Waals surface area (Å²) >= 11 is 0. The van der Waals surface area contributed by atoms with Crippen LogP contribution in [-0.4, -0.2) is 18.3 Å². The summed E-state index contributed by atoms with van der Waals surface area (Å²) in [7, 11) is 0. The molecule has 18 aromatic rings. The molecule has 0 bridgehead atoms. The van der Waals surface area contributed by atoms with E-state index >= 15 is 0 Å². The van der Waals surface area contributed by atoms with Crippen molar-refractivity contribution >= 4 is 124 Å². The number of fused-ring (bicyclic) bond motifs is 12. The summed E-state index contributed by atoms with van der Waals surface area (Å²) in [5, 5.41) is 10.3. The van der Waals surface area contributed by atoms with E-state index < -0.39 is 0 Å². The van der Waals surface area contributed by atoms with Gasteiger partial charge in [-0.15, -0.1) is 0 Å². The first-order chi connectivity index (χ1) is 55.6. The minimum Gasteiger partial charge on any atom is -0.489 e. The molecule has 5 heteroatoms. The first kappa shape index (κ1) is 73.7. The molecule has 0 aliphatic rings. The topological polar surface area (TPSA) is 28.9 Å². The number of hydrogen-bond acceptors (Lipinski definition) is 1. The molecule has 0 saturated carbocycles. The highest BCUT2D eigenvalue weighted by Gasteiger charge is 2.20. The van der Waals surface area contributed by atoms with Crippen LogP contribution in [0.25, 0.3) is 157 Å². The second-order valence-electron chi connectivity index (χ2n) is 29.7. The molecule has 0 aliphatic carbocycles. The van der Waals surface area contributed by atoms with Gasteiger partial charge in [0.15, 0.2) is 0 Å². The van der Waals surface area contributed by atoms with Gasteiger partial charge < -0.3 is 23.0 Å². The fourth-order valence-corrected chi connectivity index (χ4v) is 16.3. The third kappa shape index (κ3) is 15.5. The molecule has 0 spiro atoms. The maximum atomic E-state index is 6.15. The lowest BCUT2D eigenvalue weighted by Gasteiger charge is -2.17. The molecule has 14 aromatic carbocycles. The van der Waals surface area contributed by atoms with Crippen LogP contribution in [0.3, 0.4) is 0 Å². The molecular weight excluding hydrogens is 1370 g/mol. The van der Waals surface area contributed by atoms with Gasteiger partial charge in [0.2, 0.25) is 0 Å². The van der Waals surface area contributed by atoms with Gasteiger partial charge in [-0.1, -0.05) is 333 Å². The Balaban J connectivity index is 0.000000130. The summed E-state index contributed by atoms with van der Waals surface area (Å²) in [5.41, 5.74) is 29.3. The highest BCUT2D eigenvalue weighted by molar-refractivity contribution is 6.13. The number of nitrogens with zero attached hydrogens (tertiary/aromatic N) is 4. The number of benzene rings is 14. The Morgan fingerprint density at radius 2 is 0.566 bits per heavy atom. The third-order valence-corrected chi connectivity index (χ3v) is 22.7. The fraction of sp³-hybridized carbons (Fsp3) is 0.111. The van der Waals surface area contributed by atoms with Crippen molar-refractivity contribution in [2.24, 2.45) is 5.92 Å². The van der Waals surface area contributed by atoms with Crippen LogP contribution in [0.15, 0.2) is 349 Å². The number of rotatable bonds is 24. The Morgan fingerprint density at radius 1 is 0.274 bits per heavy atom. The lowest BCUT2D eigenvalue weighted by atomic mass is 9.99. The van der Waals surface area contributed by atoms with E-state index in [4.69, 9.17) is 4.74 Å². The van der Waals surface area contributed by atoms with E-state index in [-0.39, 0.29) is 0 Å². The number of ether oxygens (including phenoxy) is 1. The minimum atomic E-state index is 0.534. The molecule has 0 aliphatic heterocycles. The quantitative estimate of drug-likeness (QED) is 0.0593. The van der Waals surface area contributed by atoms with Gasteiger partial charge in [-0.2, -0.15) is 0 Å². The van der Waals surface area contributed by atoms with Crippen molar-refractivity contribution in [2.75, 3.05) is 0 Å². The normalized spacial score (nSPS) is 11.6. The van der Waals surface area contributed by atoms with Crippen molar-refractivity contribution in [3.8, 4) is 39.1 Å². The van der Waals surface area contributed by atoms with Crippen LogP contribution in [0.1, 0.15) is 95.2 Å². The van der Waals surface area contributed by atoms with Crippen LogP contribution >= 0.6 is 0 Å². The molecule has 552 valence electrons. The molecule has 5 nitrogen and oxygen atoms in total. The van der Waals surface area contributed by atoms with Crippen LogP contribution < -0.4 is 4.74 Å². The highest BCUT2D eigenvalue weighted by atomic mass is 16.5. The van der Waals surface area contributed by atoms with Gasteiger partial charge >= 0.3 is 0 Å². The largest absolute Gasteiger partial charge is 0.489 e. The van der Waals surface area contributed by atoms with Gasteiger partial charge in [-0.25, -0.2) is 0 Å². The Hall–Kier alpha value is -13.5. The van der Waals surface area contributed by atoms with Gasteiger partial charge in [0.05, 0.1) is 5.52 Å². The zero-order chi connectivity index (χ0) is 77.3. The maximum absolute atomic E-state index is 6.15. The SMILES string of the molecule is C=Cc1ccc(-c2ccc3c(c2)c2cc(-c4ccc(C=C)cc4)ccc2n3CC(CC)CCCC)cc1.C=Cc1ccc(COc2ccc3c4ccccc4n(Cc4ccc(C=C)cc4)c3c2)cc1.C=Cc1ccc(Cn2c3ccccc3c3cc(-c4ccc5c(c4)c4ccccc4n5Cc4ccc(C=C)cc4)ccc32)cc1. The number of aromatic nitrogens is 4. The van der Waals surface area contributed by atoms with E-state index in [9.17, 15) is 0 Å². The second kappa shape index (κ2) is 33.4. The van der Waals surface area contributed by atoms with Gasteiger partial charge in [0.1, 0.15) is 12.4 Å². The predicted octanol–water partition coefficient (Wildman–Crippen LogP) is 29.3. The summed E-state index contributed by atoms with van der Waals surface area (Å²) in [6.45, 7) is 31.9. The Labute approximate surface area is 664 Å². The Kier molecular flexibility index (Phi) is 21.8. The van der Waals surface area contributed by atoms with Crippen molar-refractivity contribution in [3.05, 3.63) is 404 Å². The number of para-hydroxylation sites is 3. The first-order valence-corrected chi connectivity index (χ1v) is 39.6. The zero-order valence-corrected chi connectivity index (χ0v) is 64.8. The molecule has 1 atom stereocenters. The van der Waals surface area contributed by atoms with Crippen molar-refractivity contribution in [1.82, 2.24) is 18.3 Å². The number of unbranched alkanes of at least 4 members (excludes halogenated alkanes) is 1. The van der Waals surface area contributed by atoms with Crippen LogP contribution in [0, 0.1) is 5.92 Å². The molecule has 0 saturated heterocycles. The van der Waals surface area contributed by atoms with Gasteiger partial charge in [-0.05, 0) is 180 Å². The first-order valence-electron chi connectivity index (χ1n) is 39.6. The molecule has 0 fully saturated rings. The predicted molar refractivity (Wildman–Crippen MR) is 489 cm³/mol. The van der Waals surface area contributed by atoms with E-state index in [1.165, 1.54) is 163 Å². The molecule has 4 aromatic heterocycles. The lowest BCUT2D eigenvalue weighted by Crippen LogP contribution is -2.10. The van der Waals surface area contributed by atoms with Crippen molar-refractivity contribution in [3.63, 3.8) is 0 Å². The van der Waals surface area contributed by atoms with Crippen LogP contribution in [0.5, 0.6) is 5.75 Å². The van der Waals surface area contributed by atoms with E-state index in [0.717, 1.165) is 70.9 Å². The molecule has 1 unspecified atom stereocenters. The summed E-state index contributed by atoms with van der Waals surface area (Å²) < 4.78 is 16.0. The van der Waals surface area contributed by atoms with Crippen LogP contribution in [-0.2, 0) is 32.8 Å². The van der Waals surface area contributed by atoms with Gasteiger partial charge in [-0.3, -0.25) is 0 Å². The van der Waals surface area contributed by atoms with Crippen LogP contribution in [0.2, 0.25) is 0 Å². The molecule has 0 amide bonds. The smallest absolute Gasteiger partial charge is 0.121 e. The second-order valence-corrected chi connectivity index (χ2v) is 29.7. The minimum absolute atomic E-state index is 0.534. The van der Waals surface area contributed by atoms with Gasteiger partial charge in [0.25, 0.3) is 0 Å². The summed E-state index contributed by atoms with van der Waals surface area (Å²) in [5.74, 6) is 1.56. The zero-order valence-electron chi connectivity index (χ0n) is 64.8. The maximum Gasteiger partial charge on any atom is 0.121 e. The molecule has 18 rings (SSSR count). The third-order valence-electron chi connectivity index (χ3n) is 22.7. The summed E-state index contributed by atoms with van der Waals surface area (Å²) in [6, 6.07) is 112. The van der Waals surface area contributed by atoms with Gasteiger partial charge in [0, 0.05) is 114 Å². The van der Waals surface area contributed by atoms with Crippen molar-refractivity contribution in [1.29, 1.82) is 0 Å². The molecule has 0 N–H and O–H groups in total. The lowest BCUT2D eigenvalue weighted by molar-refractivity contribution is 0.306. The van der Waals surface area contributed by atoms with E-state index in [0.29, 0.717) is 12.5 Å². The molecule has 113 heavy (non-hydrogen) atoms. The van der Waals surface area contributed by atoms with E-state index in [2.05, 4.69) is 381 Å². The number of hydrogen-bond donors (Lipinski definition) is 0. The average Bonchev–Trinajstić information content (AvgIpc) is 1.61. The van der Waals surface area contributed by atoms with Crippen molar-refractivity contribution in [2.45, 2.75) is 72.3 Å². The van der Waals surface area contributed by atoms with Crippen molar-refractivity contribution < 1.29 is 4.74 Å². The Morgan fingerprint density at radius 3 is 0.929 bits per heavy atom. The van der Waals surface area contributed by atoms with E-state index in [1.807, 2.05) is 36.5 Å². The fourth-order valence-electron chi connectivity index (χ4n) is 16.3. The van der Waals surface area contributed by atoms with Crippen LogP contribution in [0.4, 0.5) is 0 Å². The standard InChI is InChI=1S/C42H32N2.C36H37N.C30H25NO/c1-3-29-13-17-31(18-14-29)27-43-39-11-7-5-9-35(39)37-25-33(21-23-41(37)43)34-22-24-42-38(26-34)36-10-6-8-12-40(36)44(42)28-32-19-15-30(4-2)16-20-32;1-5-9-10-28(8-4)25-37-35-21-19-31(29-15-11-26(6-2)12-16-29)23-33(35)34-24-32(20-22-36(34)37)30-17-13-27(7-3)14-18-30;1-3-22-9-13-24(14-10-22)20-31-29-8-6-5-7-27(29)28-18-17-26(19-30(28)31)32-21-25-15-11-23(4-2)12-16-25/h3-26H,1-2,27-28H2;6-7,11-24,28H,2-3,5,8-10,25H2,1,4H3;3-19H,1-2,20-21H2. The summed E-state index contributed by atoms with van der Waals surface area (Å²) in [6.07, 6.45) is 16.3.